The van der Waals surface area contributed by atoms with Gasteiger partial charge in [0.05, 0.1) is 5.69 Å². The minimum atomic E-state index is -0.295. The monoisotopic (exact) mass is 298 g/mol. The number of anilines is 1. The topological polar surface area (TPSA) is 50.4 Å². The van der Waals surface area contributed by atoms with Crippen LogP contribution in [0.4, 0.5) is 10.5 Å². The van der Waals surface area contributed by atoms with E-state index in [0.29, 0.717) is 11.4 Å². The van der Waals surface area contributed by atoms with E-state index < -0.39 is 0 Å². The molecule has 2 rings (SSSR count). The fraction of sp³-hybridized carbons (Fsp3) is 0.278. The summed E-state index contributed by atoms with van der Waals surface area (Å²) < 4.78 is 5.88. The standard InChI is InChI=1S/C18H22N2O2/c1-13-8-7-9-14(12-13)22-16-11-6-5-10-15(16)19-17(21)20-18(2,3)4/h5-12H,1-4H3,(H2,19,20,21). The van der Waals surface area contributed by atoms with Gasteiger partial charge >= 0.3 is 6.03 Å². The van der Waals surface area contributed by atoms with Crippen LogP contribution in [0.5, 0.6) is 11.5 Å². The molecule has 0 radical (unpaired) electrons. The van der Waals surface area contributed by atoms with Crippen LogP contribution in [0.25, 0.3) is 0 Å². The van der Waals surface area contributed by atoms with Crippen LogP contribution in [-0.4, -0.2) is 11.6 Å². The fourth-order valence-electron chi connectivity index (χ4n) is 1.96. The van der Waals surface area contributed by atoms with Gasteiger partial charge in [-0.3, -0.25) is 0 Å². The maximum absolute atomic E-state index is 12.0. The van der Waals surface area contributed by atoms with Crippen LogP contribution in [0.15, 0.2) is 48.5 Å². The van der Waals surface area contributed by atoms with E-state index in [-0.39, 0.29) is 11.6 Å². The third kappa shape index (κ3) is 4.81. The first kappa shape index (κ1) is 15.9. The summed E-state index contributed by atoms with van der Waals surface area (Å²) in [6, 6.07) is 14.9. The number of urea groups is 1. The van der Waals surface area contributed by atoms with Gasteiger partial charge < -0.3 is 15.4 Å². The molecule has 2 aromatic rings. The molecule has 2 N–H and O–H groups in total. The average Bonchev–Trinajstić information content (AvgIpc) is 2.39. The molecule has 0 aromatic heterocycles. The van der Waals surface area contributed by atoms with E-state index in [9.17, 15) is 4.79 Å². The zero-order chi connectivity index (χ0) is 16.2. The smallest absolute Gasteiger partial charge is 0.319 e. The first-order chi connectivity index (χ1) is 10.3. The lowest BCUT2D eigenvalue weighted by Crippen LogP contribution is -2.43. The van der Waals surface area contributed by atoms with Gasteiger partial charge in [-0.05, 0) is 57.5 Å². The van der Waals surface area contributed by atoms with Crippen LogP contribution < -0.4 is 15.4 Å². The normalized spacial score (nSPS) is 10.9. The van der Waals surface area contributed by atoms with Gasteiger partial charge in [0.25, 0.3) is 0 Å². The van der Waals surface area contributed by atoms with E-state index >= 15 is 0 Å². The Morgan fingerprint density at radius 2 is 1.77 bits per heavy atom. The average molecular weight is 298 g/mol. The largest absolute Gasteiger partial charge is 0.455 e. The molecule has 4 heteroatoms. The molecule has 0 spiro atoms. The van der Waals surface area contributed by atoms with Gasteiger partial charge in [0.1, 0.15) is 5.75 Å². The van der Waals surface area contributed by atoms with Crippen molar-refractivity contribution < 1.29 is 9.53 Å². The first-order valence-electron chi connectivity index (χ1n) is 7.26. The summed E-state index contributed by atoms with van der Waals surface area (Å²) in [6.07, 6.45) is 0. The second-order valence-corrected chi connectivity index (χ2v) is 6.24. The highest BCUT2D eigenvalue weighted by molar-refractivity contribution is 5.91. The molecule has 0 saturated heterocycles. The number of aryl methyl sites for hydroxylation is 1. The minimum Gasteiger partial charge on any atom is -0.455 e. The lowest BCUT2D eigenvalue weighted by Gasteiger charge is -2.21. The molecule has 0 fully saturated rings. The zero-order valence-electron chi connectivity index (χ0n) is 13.4. The number of hydrogen-bond acceptors (Lipinski definition) is 2. The lowest BCUT2D eigenvalue weighted by molar-refractivity contribution is 0.243. The maximum atomic E-state index is 12.0. The van der Waals surface area contributed by atoms with E-state index in [1.807, 2.05) is 76.2 Å². The van der Waals surface area contributed by atoms with Crippen LogP contribution in [-0.2, 0) is 0 Å². The van der Waals surface area contributed by atoms with Gasteiger partial charge in [-0.15, -0.1) is 0 Å². The molecule has 0 aliphatic carbocycles. The summed E-state index contributed by atoms with van der Waals surface area (Å²) >= 11 is 0. The highest BCUT2D eigenvalue weighted by atomic mass is 16.5. The molecular weight excluding hydrogens is 276 g/mol. The number of rotatable bonds is 3. The van der Waals surface area contributed by atoms with Gasteiger partial charge in [0, 0.05) is 5.54 Å². The number of carbonyl (C=O) groups is 1. The summed E-state index contributed by atoms with van der Waals surface area (Å²) in [5.74, 6) is 1.35. The summed E-state index contributed by atoms with van der Waals surface area (Å²) in [5.41, 5.74) is 1.45. The van der Waals surface area contributed by atoms with Crippen LogP contribution in [0.2, 0.25) is 0 Å². The van der Waals surface area contributed by atoms with Crippen molar-refractivity contribution in [1.82, 2.24) is 5.32 Å². The van der Waals surface area contributed by atoms with Crippen molar-refractivity contribution >= 4 is 11.7 Å². The van der Waals surface area contributed by atoms with Gasteiger partial charge in [-0.2, -0.15) is 0 Å². The molecule has 22 heavy (non-hydrogen) atoms. The van der Waals surface area contributed by atoms with E-state index in [0.717, 1.165) is 11.3 Å². The van der Waals surface area contributed by atoms with Crippen LogP contribution in [0.3, 0.4) is 0 Å². The number of benzene rings is 2. The van der Waals surface area contributed by atoms with Crippen LogP contribution in [0, 0.1) is 6.92 Å². The fourth-order valence-corrected chi connectivity index (χ4v) is 1.96. The Labute approximate surface area is 131 Å². The van der Waals surface area contributed by atoms with Crippen LogP contribution >= 0.6 is 0 Å². The molecule has 4 nitrogen and oxygen atoms in total. The van der Waals surface area contributed by atoms with Gasteiger partial charge in [-0.1, -0.05) is 24.3 Å². The molecule has 0 atom stereocenters. The first-order valence-corrected chi connectivity index (χ1v) is 7.26. The summed E-state index contributed by atoms with van der Waals surface area (Å²) in [6.45, 7) is 7.80. The molecule has 0 bridgehead atoms. The number of amides is 2. The SMILES string of the molecule is Cc1cccc(Oc2ccccc2NC(=O)NC(C)(C)C)c1. The second-order valence-electron chi connectivity index (χ2n) is 6.24. The van der Waals surface area contributed by atoms with Gasteiger partial charge in [0.15, 0.2) is 5.75 Å². The third-order valence-corrected chi connectivity index (χ3v) is 2.84. The second kappa shape index (κ2) is 6.52. The summed E-state index contributed by atoms with van der Waals surface area (Å²) in [5, 5.41) is 5.69. The number of carbonyl (C=O) groups excluding carboxylic acids is 1. The van der Waals surface area contributed by atoms with Crippen molar-refractivity contribution in [3.05, 3.63) is 54.1 Å². The number of nitrogens with one attached hydrogen (secondary N) is 2. The Kier molecular flexibility index (Phi) is 4.71. The molecule has 0 aliphatic heterocycles. The number of hydrogen-bond donors (Lipinski definition) is 2. The van der Waals surface area contributed by atoms with E-state index in [1.165, 1.54) is 0 Å². The van der Waals surface area contributed by atoms with Crippen molar-refractivity contribution in [3.63, 3.8) is 0 Å². The highest BCUT2D eigenvalue weighted by Gasteiger charge is 2.15. The van der Waals surface area contributed by atoms with Crippen LogP contribution in [0.1, 0.15) is 26.3 Å². The van der Waals surface area contributed by atoms with Crippen molar-refractivity contribution in [1.29, 1.82) is 0 Å². The van der Waals surface area contributed by atoms with Crippen molar-refractivity contribution in [2.24, 2.45) is 0 Å². The molecule has 116 valence electrons. The van der Waals surface area contributed by atoms with E-state index in [1.54, 1.807) is 0 Å². The Morgan fingerprint density at radius 3 is 2.45 bits per heavy atom. The molecule has 0 aliphatic rings. The summed E-state index contributed by atoms with van der Waals surface area (Å²) in [4.78, 5) is 12.0. The predicted molar refractivity (Wildman–Crippen MR) is 89.6 cm³/mol. The Bertz CT molecular complexity index is 660. The Morgan fingerprint density at radius 1 is 1.05 bits per heavy atom. The molecule has 0 unspecified atom stereocenters. The Balaban J connectivity index is 2.15. The minimum absolute atomic E-state index is 0.257. The quantitative estimate of drug-likeness (QED) is 0.862. The highest BCUT2D eigenvalue weighted by Crippen LogP contribution is 2.29. The molecule has 0 heterocycles. The zero-order valence-corrected chi connectivity index (χ0v) is 13.4. The maximum Gasteiger partial charge on any atom is 0.319 e. The summed E-state index contributed by atoms with van der Waals surface area (Å²) in [7, 11) is 0. The van der Waals surface area contributed by atoms with Gasteiger partial charge in [-0.25, -0.2) is 4.79 Å². The lowest BCUT2D eigenvalue weighted by atomic mass is 10.1. The molecular formula is C18H22N2O2. The van der Waals surface area contributed by atoms with Crippen molar-refractivity contribution in [2.45, 2.75) is 33.2 Å². The molecule has 2 amide bonds. The Hall–Kier alpha value is -2.49. The molecule has 2 aromatic carbocycles. The van der Waals surface area contributed by atoms with Crippen molar-refractivity contribution in [3.8, 4) is 11.5 Å². The third-order valence-electron chi connectivity index (χ3n) is 2.84. The number of para-hydroxylation sites is 2. The van der Waals surface area contributed by atoms with E-state index in [2.05, 4.69) is 10.6 Å². The van der Waals surface area contributed by atoms with E-state index in [4.69, 9.17) is 4.74 Å². The predicted octanol–water partition coefficient (Wildman–Crippen LogP) is 4.71. The number of ether oxygens (including phenoxy) is 1. The molecule has 0 saturated carbocycles. The van der Waals surface area contributed by atoms with Gasteiger partial charge in [0.2, 0.25) is 0 Å². The van der Waals surface area contributed by atoms with Crippen molar-refractivity contribution in [2.75, 3.05) is 5.32 Å².